The Labute approximate surface area is 130 Å². The third-order valence-electron chi connectivity index (χ3n) is 3.41. The van der Waals surface area contributed by atoms with E-state index in [9.17, 15) is 13.2 Å². The topological polar surface area (TPSA) is 35.2 Å². The van der Waals surface area contributed by atoms with Crippen molar-refractivity contribution < 1.29 is 17.9 Å². The molecule has 0 aliphatic carbocycles. The van der Waals surface area contributed by atoms with Crippen LogP contribution < -0.4 is 5.73 Å². The molecular weight excluding hydrogens is 359 g/mol. The fraction of sp³-hybridized carbons (Fsp3) is 0.538. The summed E-state index contributed by atoms with van der Waals surface area (Å²) in [5, 5.41) is 0. The van der Waals surface area contributed by atoms with Gasteiger partial charge in [-0.15, -0.1) is 12.4 Å². The summed E-state index contributed by atoms with van der Waals surface area (Å²) < 4.78 is 44.0. The van der Waals surface area contributed by atoms with Crippen LogP contribution in [0.4, 0.5) is 13.2 Å². The Kier molecular flexibility index (Phi) is 6.31. The van der Waals surface area contributed by atoms with Crippen LogP contribution in [0.25, 0.3) is 0 Å². The predicted molar refractivity (Wildman–Crippen MR) is 76.9 cm³/mol. The summed E-state index contributed by atoms with van der Waals surface area (Å²) in [5.74, 6) is 0.170. The lowest BCUT2D eigenvalue weighted by molar-refractivity contribution is -0.137. The van der Waals surface area contributed by atoms with Crippen molar-refractivity contribution in [1.82, 2.24) is 0 Å². The zero-order chi connectivity index (χ0) is 14.0. The smallest absolute Gasteiger partial charge is 0.381 e. The third kappa shape index (κ3) is 4.35. The molecule has 0 aromatic heterocycles. The highest BCUT2D eigenvalue weighted by Crippen LogP contribution is 2.35. The van der Waals surface area contributed by atoms with Gasteiger partial charge in [0, 0.05) is 23.7 Å². The number of benzene rings is 1. The molecule has 1 fully saturated rings. The van der Waals surface area contributed by atoms with Gasteiger partial charge in [-0.25, -0.2) is 0 Å². The van der Waals surface area contributed by atoms with Gasteiger partial charge in [0.15, 0.2) is 0 Å². The Morgan fingerprint density at radius 1 is 1.20 bits per heavy atom. The molecule has 0 amide bonds. The maximum absolute atomic E-state index is 12.8. The van der Waals surface area contributed by atoms with E-state index in [-0.39, 0.29) is 24.4 Å². The SMILES string of the molecule is Cl.N[C@@H](c1cc(Br)cc(C(F)(F)F)c1)C1CCOCC1. The molecular formula is C13H16BrClF3NO. The van der Waals surface area contributed by atoms with E-state index in [2.05, 4.69) is 15.9 Å². The Hall–Kier alpha value is -0.300. The highest BCUT2D eigenvalue weighted by atomic mass is 79.9. The number of hydrogen-bond donors (Lipinski definition) is 1. The largest absolute Gasteiger partial charge is 0.416 e. The molecule has 1 heterocycles. The first-order chi connectivity index (χ1) is 8.88. The lowest BCUT2D eigenvalue weighted by Crippen LogP contribution is -2.27. The van der Waals surface area contributed by atoms with E-state index >= 15 is 0 Å². The zero-order valence-electron chi connectivity index (χ0n) is 10.6. The van der Waals surface area contributed by atoms with Gasteiger partial charge >= 0.3 is 6.18 Å². The highest BCUT2D eigenvalue weighted by molar-refractivity contribution is 9.10. The summed E-state index contributed by atoms with van der Waals surface area (Å²) in [6.07, 6.45) is -2.78. The Morgan fingerprint density at radius 3 is 2.35 bits per heavy atom. The van der Waals surface area contributed by atoms with Crippen LogP contribution in [-0.2, 0) is 10.9 Å². The standard InChI is InChI=1S/C13H15BrF3NO.ClH/c14-11-6-9(5-10(7-11)13(15,16)17)12(18)8-1-3-19-4-2-8;/h5-8,12H,1-4,18H2;1H/t12-;/m1./s1. The highest BCUT2D eigenvalue weighted by Gasteiger charge is 2.32. The quantitative estimate of drug-likeness (QED) is 0.837. The van der Waals surface area contributed by atoms with E-state index in [1.54, 1.807) is 6.07 Å². The summed E-state index contributed by atoms with van der Waals surface area (Å²) in [6.45, 7) is 1.25. The molecule has 1 aliphatic rings. The van der Waals surface area contributed by atoms with Crippen molar-refractivity contribution in [1.29, 1.82) is 0 Å². The van der Waals surface area contributed by atoms with Crippen molar-refractivity contribution in [2.45, 2.75) is 25.1 Å². The van der Waals surface area contributed by atoms with E-state index in [1.807, 2.05) is 0 Å². The normalized spacial score (nSPS) is 18.4. The number of rotatable bonds is 2. The number of nitrogens with two attached hydrogens (primary N) is 1. The number of alkyl halides is 3. The molecule has 0 unspecified atom stereocenters. The summed E-state index contributed by atoms with van der Waals surface area (Å²) in [7, 11) is 0. The van der Waals surface area contributed by atoms with Gasteiger partial charge in [-0.3, -0.25) is 0 Å². The van der Waals surface area contributed by atoms with Gasteiger partial charge in [0.25, 0.3) is 0 Å². The second-order valence-electron chi connectivity index (χ2n) is 4.75. The van der Waals surface area contributed by atoms with Crippen LogP contribution in [0.5, 0.6) is 0 Å². The minimum atomic E-state index is -4.35. The summed E-state index contributed by atoms with van der Waals surface area (Å²) >= 11 is 3.12. The Bertz CT molecular complexity index is 450. The Balaban J connectivity index is 0.00000200. The van der Waals surface area contributed by atoms with Crippen LogP contribution in [0, 0.1) is 5.92 Å². The van der Waals surface area contributed by atoms with Crippen molar-refractivity contribution in [2.75, 3.05) is 13.2 Å². The number of ether oxygens (including phenoxy) is 1. The number of hydrogen-bond acceptors (Lipinski definition) is 2. The first-order valence-electron chi connectivity index (χ1n) is 6.09. The summed E-state index contributed by atoms with van der Waals surface area (Å²) in [4.78, 5) is 0. The zero-order valence-corrected chi connectivity index (χ0v) is 13.0. The van der Waals surface area contributed by atoms with Crippen LogP contribution in [0.15, 0.2) is 22.7 Å². The molecule has 20 heavy (non-hydrogen) atoms. The third-order valence-corrected chi connectivity index (χ3v) is 3.86. The fourth-order valence-corrected chi connectivity index (χ4v) is 2.83. The molecule has 7 heteroatoms. The van der Waals surface area contributed by atoms with Crippen molar-refractivity contribution in [3.05, 3.63) is 33.8 Å². The second-order valence-corrected chi connectivity index (χ2v) is 5.66. The Morgan fingerprint density at radius 2 is 1.80 bits per heavy atom. The minimum absolute atomic E-state index is 0. The van der Waals surface area contributed by atoms with Gasteiger partial charge in [-0.2, -0.15) is 13.2 Å². The van der Waals surface area contributed by atoms with Crippen LogP contribution in [0.3, 0.4) is 0 Å². The van der Waals surface area contributed by atoms with E-state index in [0.717, 1.165) is 25.0 Å². The average Bonchev–Trinajstić information content (AvgIpc) is 2.37. The van der Waals surface area contributed by atoms with Crippen LogP contribution in [0.2, 0.25) is 0 Å². The molecule has 0 radical (unpaired) electrons. The van der Waals surface area contributed by atoms with E-state index in [4.69, 9.17) is 10.5 Å². The molecule has 0 bridgehead atoms. The van der Waals surface area contributed by atoms with Crippen LogP contribution in [-0.4, -0.2) is 13.2 Å². The van der Waals surface area contributed by atoms with Crippen molar-refractivity contribution in [3.8, 4) is 0 Å². The summed E-state index contributed by atoms with van der Waals surface area (Å²) in [6, 6.07) is 3.49. The van der Waals surface area contributed by atoms with Gasteiger partial charge < -0.3 is 10.5 Å². The first kappa shape index (κ1) is 17.8. The van der Waals surface area contributed by atoms with Crippen molar-refractivity contribution >= 4 is 28.3 Å². The predicted octanol–water partition coefficient (Wildman–Crippen LogP) is 4.32. The lowest BCUT2D eigenvalue weighted by Gasteiger charge is -2.28. The fourth-order valence-electron chi connectivity index (χ4n) is 2.32. The van der Waals surface area contributed by atoms with Crippen LogP contribution in [0.1, 0.15) is 30.0 Å². The molecule has 1 saturated heterocycles. The maximum Gasteiger partial charge on any atom is 0.416 e. The second kappa shape index (κ2) is 7.11. The maximum atomic E-state index is 12.8. The van der Waals surface area contributed by atoms with Crippen LogP contribution >= 0.6 is 28.3 Å². The lowest BCUT2D eigenvalue weighted by atomic mass is 9.87. The molecule has 2 nitrogen and oxygen atoms in total. The van der Waals surface area contributed by atoms with Gasteiger partial charge in [-0.1, -0.05) is 15.9 Å². The number of halogens is 5. The van der Waals surface area contributed by atoms with E-state index in [1.165, 1.54) is 0 Å². The molecule has 0 saturated carbocycles. The molecule has 1 aliphatic heterocycles. The summed E-state index contributed by atoms with van der Waals surface area (Å²) in [5.41, 5.74) is 5.96. The molecule has 0 spiro atoms. The molecule has 1 atom stereocenters. The van der Waals surface area contributed by atoms with Crippen molar-refractivity contribution in [2.24, 2.45) is 11.7 Å². The van der Waals surface area contributed by atoms with E-state index in [0.29, 0.717) is 23.2 Å². The van der Waals surface area contributed by atoms with E-state index < -0.39 is 11.7 Å². The molecule has 2 rings (SSSR count). The molecule has 1 aromatic rings. The van der Waals surface area contributed by atoms with Gasteiger partial charge in [0.2, 0.25) is 0 Å². The molecule has 1 aromatic carbocycles. The van der Waals surface area contributed by atoms with Crippen molar-refractivity contribution in [3.63, 3.8) is 0 Å². The molecule has 114 valence electrons. The average molecular weight is 375 g/mol. The van der Waals surface area contributed by atoms with Gasteiger partial charge in [0.1, 0.15) is 0 Å². The molecule has 2 N–H and O–H groups in total. The monoisotopic (exact) mass is 373 g/mol. The minimum Gasteiger partial charge on any atom is -0.381 e. The van der Waals surface area contributed by atoms with Gasteiger partial charge in [0.05, 0.1) is 5.56 Å². The first-order valence-corrected chi connectivity index (χ1v) is 6.88. The van der Waals surface area contributed by atoms with Gasteiger partial charge in [-0.05, 0) is 42.5 Å².